The van der Waals surface area contributed by atoms with Crippen LogP contribution in [0.5, 0.6) is 0 Å². The highest BCUT2D eigenvalue weighted by Crippen LogP contribution is 2.46. The molecule has 0 saturated heterocycles. The maximum absolute atomic E-state index is 6.43. The van der Waals surface area contributed by atoms with Crippen LogP contribution in [0.1, 0.15) is 11.1 Å². The van der Waals surface area contributed by atoms with Gasteiger partial charge in [-0.2, -0.15) is 0 Å². The molecule has 12 rings (SSSR count). The Labute approximate surface area is 340 Å². The van der Waals surface area contributed by atoms with Crippen LogP contribution in [0.15, 0.2) is 199 Å². The summed E-state index contributed by atoms with van der Waals surface area (Å²) in [4.78, 5) is 12.8. The number of nitrogens with zero attached hydrogens (tertiary/aromatic N) is 4. The van der Waals surface area contributed by atoms with Gasteiger partial charge in [-0.05, 0) is 71.3 Å². The number of para-hydroxylation sites is 3. The summed E-state index contributed by atoms with van der Waals surface area (Å²) in [6.07, 6.45) is 4.43. The quantitative estimate of drug-likeness (QED) is 0.176. The first kappa shape index (κ1) is 33.2. The van der Waals surface area contributed by atoms with Crippen molar-refractivity contribution >= 4 is 73.1 Å². The molecule has 5 nitrogen and oxygen atoms in total. The van der Waals surface area contributed by atoms with Crippen molar-refractivity contribution in [2.24, 2.45) is 0 Å². The van der Waals surface area contributed by atoms with Gasteiger partial charge in [-0.25, -0.2) is 9.97 Å². The van der Waals surface area contributed by atoms with Gasteiger partial charge >= 0.3 is 0 Å². The molecule has 0 unspecified atom stereocenters. The Bertz CT molecular complexity index is 3380. The molecule has 0 aliphatic carbocycles. The second-order valence-electron chi connectivity index (χ2n) is 15.0. The van der Waals surface area contributed by atoms with E-state index in [0.29, 0.717) is 5.82 Å². The number of rotatable bonds is 5. The molecule has 276 valence electrons. The highest BCUT2D eigenvalue weighted by molar-refractivity contribution is 6.11. The first-order valence-electron chi connectivity index (χ1n) is 19.9. The molecule has 1 aliphatic rings. The number of furan rings is 1. The Kier molecular flexibility index (Phi) is 7.47. The van der Waals surface area contributed by atoms with Crippen LogP contribution in [0.25, 0.3) is 95.4 Å². The van der Waals surface area contributed by atoms with E-state index in [1.165, 1.54) is 21.8 Å². The SMILES string of the molecule is C1=Cc2cc3oc4ccccc4c3cc2N(c2cc(-c3ccccc3)nc(-c3ccccc3)n2)c2ccc(-c3ccc4c5ccccc5n(-c5ccccc5)c4c3)cc21. The molecule has 1 aliphatic heterocycles. The van der Waals surface area contributed by atoms with E-state index >= 15 is 0 Å². The van der Waals surface area contributed by atoms with Crippen molar-refractivity contribution in [3.8, 4) is 39.5 Å². The van der Waals surface area contributed by atoms with Crippen molar-refractivity contribution in [3.05, 3.63) is 205 Å². The fourth-order valence-corrected chi connectivity index (χ4v) is 8.76. The number of fused-ring (bicyclic) bond motifs is 8. The molecule has 3 aromatic heterocycles. The molecule has 5 heteroatoms. The van der Waals surface area contributed by atoms with Gasteiger partial charge in [-0.3, -0.25) is 4.90 Å². The van der Waals surface area contributed by atoms with Crippen LogP contribution in [-0.2, 0) is 0 Å². The van der Waals surface area contributed by atoms with Crippen molar-refractivity contribution in [1.29, 1.82) is 0 Å². The molecule has 0 bridgehead atoms. The molecule has 0 fully saturated rings. The third kappa shape index (κ3) is 5.47. The summed E-state index contributed by atoms with van der Waals surface area (Å²) in [7, 11) is 0. The lowest BCUT2D eigenvalue weighted by Gasteiger charge is -2.27. The zero-order valence-corrected chi connectivity index (χ0v) is 31.8. The summed E-state index contributed by atoms with van der Waals surface area (Å²) >= 11 is 0. The maximum atomic E-state index is 6.43. The number of anilines is 3. The van der Waals surface area contributed by atoms with Gasteiger partial charge in [-0.15, -0.1) is 0 Å². The average molecular weight is 755 g/mol. The second kappa shape index (κ2) is 13.3. The van der Waals surface area contributed by atoms with Gasteiger partial charge in [0.05, 0.1) is 28.1 Å². The van der Waals surface area contributed by atoms with Crippen LogP contribution in [0.4, 0.5) is 17.2 Å². The van der Waals surface area contributed by atoms with Crippen LogP contribution in [0.3, 0.4) is 0 Å². The second-order valence-corrected chi connectivity index (χ2v) is 15.0. The van der Waals surface area contributed by atoms with Gasteiger partial charge in [0, 0.05) is 50.0 Å². The topological polar surface area (TPSA) is 47.1 Å². The highest BCUT2D eigenvalue weighted by Gasteiger charge is 2.25. The molecule has 59 heavy (non-hydrogen) atoms. The Morgan fingerprint density at radius 3 is 1.85 bits per heavy atom. The predicted molar refractivity (Wildman–Crippen MR) is 244 cm³/mol. The summed E-state index contributed by atoms with van der Waals surface area (Å²) in [6, 6.07) is 68.3. The smallest absolute Gasteiger partial charge is 0.162 e. The first-order valence-corrected chi connectivity index (χ1v) is 19.9. The van der Waals surface area contributed by atoms with Gasteiger partial charge in [-0.1, -0.05) is 146 Å². The van der Waals surface area contributed by atoms with Crippen molar-refractivity contribution in [2.75, 3.05) is 4.90 Å². The van der Waals surface area contributed by atoms with E-state index in [0.717, 1.165) is 83.9 Å². The van der Waals surface area contributed by atoms with Crippen LogP contribution in [0.2, 0.25) is 0 Å². The highest BCUT2D eigenvalue weighted by atomic mass is 16.3. The van der Waals surface area contributed by atoms with E-state index in [1.807, 2.05) is 36.4 Å². The maximum Gasteiger partial charge on any atom is 0.162 e. The molecular weight excluding hydrogens is 721 g/mol. The lowest BCUT2D eigenvalue weighted by atomic mass is 9.99. The van der Waals surface area contributed by atoms with Crippen molar-refractivity contribution in [3.63, 3.8) is 0 Å². The standard InChI is InChI=1S/C54H34N4O/c1-4-14-35(15-5-1)46-34-53(56-54(55-46)36-16-6-2-7-17-36)58-47-29-27-37(30-39(47)24-25-40-32-52-45(33-49(40)58)44-21-11-13-23-51(44)59-52)38-26-28-43-42-20-10-12-22-48(42)57(50(43)31-38)41-18-8-3-9-19-41/h1-34H. The predicted octanol–water partition coefficient (Wildman–Crippen LogP) is 14.4. The molecule has 0 N–H and O–H groups in total. The zero-order valence-electron chi connectivity index (χ0n) is 31.8. The Morgan fingerprint density at radius 2 is 1.03 bits per heavy atom. The fraction of sp³-hybridized carbons (Fsp3) is 0. The van der Waals surface area contributed by atoms with Gasteiger partial charge < -0.3 is 8.98 Å². The third-order valence-electron chi connectivity index (χ3n) is 11.5. The molecular formula is C54H34N4O. The van der Waals surface area contributed by atoms with E-state index in [1.54, 1.807) is 0 Å². The Morgan fingerprint density at radius 1 is 0.390 bits per heavy atom. The lowest BCUT2D eigenvalue weighted by Crippen LogP contribution is -2.14. The van der Waals surface area contributed by atoms with Gasteiger partial charge in [0.1, 0.15) is 17.0 Å². The van der Waals surface area contributed by atoms with E-state index in [-0.39, 0.29) is 0 Å². The molecule has 0 saturated carbocycles. The van der Waals surface area contributed by atoms with Crippen LogP contribution in [0, 0.1) is 0 Å². The minimum atomic E-state index is 0.663. The van der Waals surface area contributed by atoms with Crippen molar-refractivity contribution in [1.82, 2.24) is 14.5 Å². The molecule has 0 spiro atoms. The van der Waals surface area contributed by atoms with E-state index < -0.39 is 0 Å². The molecule has 11 aromatic rings. The van der Waals surface area contributed by atoms with E-state index in [4.69, 9.17) is 14.4 Å². The van der Waals surface area contributed by atoms with Crippen molar-refractivity contribution in [2.45, 2.75) is 0 Å². The summed E-state index contributed by atoms with van der Waals surface area (Å²) in [5, 5.41) is 4.60. The lowest BCUT2D eigenvalue weighted by molar-refractivity contribution is 0.669. The van der Waals surface area contributed by atoms with E-state index in [9.17, 15) is 0 Å². The summed E-state index contributed by atoms with van der Waals surface area (Å²) in [5.74, 6) is 1.44. The summed E-state index contributed by atoms with van der Waals surface area (Å²) in [6.45, 7) is 0. The number of benzene rings is 8. The largest absolute Gasteiger partial charge is 0.456 e. The average Bonchev–Trinajstić information content (AvgIpc) is 3.78. The Hall–Kier alpha value is -8.02. The van der Waals surface area contributed by atoms with Gasteiger partial charge in [0.2, 0.25) is 0 Å². The molecule has 0 radical (unpaired) electrons. The summed E-state index contributed by atoms with van der Waals surface area (Å²) < 4.78 is 8.80. The molecule has 0 amide bonds. The van der Waals surface area contributed by atoms with Crippen LogP contribution >= 0.6 is 0 Å². The van der Waals surface area contributed by atoms with Gasteiger partial charge in [0.15, 0.2) is 5.82 Å². The zero-order chi connectivity index (χ0) is 38.9. The van der Waals surface area contributed by atoms with Crippen molar-refractivity contribution < 1.29 is 4.42 Å². The fourth-order valence-electron chi connectivity index (χ4n) is 8.76. The molecule has 0 atom stereocenters. The van der Waals surface area contributed by atoms with Crippen LogP contribution in [-0.4, -0.2) is 14.5 Å². The number of hydrogen-bond acceptors (Lipinski definition) is 4. The monoisotopic (exact) mass is 754 g/mol. The van der Waals surface area contributed by atoms with E-state index in [2.05, 4.69) is 179 Å². The Balaban J connectivity index is 1.08. The van der Waals surface area contributed by atoms with Crippen LogP contribution < -0.4 is 4.90 Å². The normalized spacial score (nSPS) is 12.3. The van der Waals surface area contributed by atoms with Gasteiger partial charge in [0.25, 0.3) is 0 Å². The number of aromatic nitrogens is 3. The minimum Gasteiger partial charge on any atom is -0.456 e. The first-order chi connectivity index (χ1) is 29.2. The third-order valence-corrected chi connectivity index (χ3v) is 11.5. The molecule has 8 aromatic carbocycles. The minimum absolute atomic E-state index is 0.663. The summed E-state index contributed by atoms with van der Waals surface area (Å²) in [5.41, 5.74) is 14.5. The molecule has 4 heterocycles. The number of hydrogen-bond donors (Lipinski definition) is 0.